The van der Waals surface area contributed by atoms with Crippen LogP contribution in [0.25, 0.3) is 6.08 Å². The van der Waals surface area contributed by atoms with Crippen LogP contribution in [0, 0.1) is 0 Å². The summed E-state index contributed by atoms with van der Waals surface area (Å²) in [6, 6.07) is 8.43. The van der Waals surface area contributed by atoms with Crippen molar-refractivity contribution in [2.75, 3.05) is 5.88 Å². The highest BCUT2D eigenvalue weighted by Crippen LogP contribution is 2.36. The summed E-state index contributed by atoms with van der Waals surface area (Å²) < 4.78 is 0. The molecule has 0 atom stereocenters. The molecule has 1 nitrogen and oxygen atoms in total. The number of halogens is 1. The highest BCUT2D eigenvalue weighted by atomic mass is 79.9. The Kier molecular flexibility index (Phi) is 2.30. The second-order valence-electron chi connectivity index (χ2n) is 2.88. The van der Waals surface area contributed by atoms with Crippen molar-refractivity contribution in [1.82, 2.24) is 0 Å². The van der Waals surface area contributed by atoms with Crippen molar-refractivity contribution in [3.8, 4) is 0 Å². The first-order chi connectivity index (χ1) is 5.95. The molecule has 0 unspecified atom stereocenters. The van der Waals surface area contributed by atoms with Gasteiger partial charge in [0.2, 0.25) is 0 Å². The molecule has 1 heterocycles. The number of aliphatic imine (C=N–C) groups is 1. The molecule has 2 aliphatic rings. The average Bonchev–Trinajstić information content (AvgIpc) is 2.62. The van der Waals surface area contributed by atoms with Crippen molar-refractivity contribution in [1.29, 1.82) is 0 Å². The van der Waals surface area contributed by atoms with Crippen LogP contribution in [0.4, 0.5) is 0 Å². The van der Waals surface area contributed by atoms with Crippen LogP contribution in [0.3, 0.4) is 0 Å². The minimum absolute atomic E-state index is 0. The van der Waals surface area contributed by atoms with Crippen molar-refractivity contribution in [3.05, 3.63) is 40.3 Å². The molecule has 1 aromatic rings. The van der Waals surface area contributed by atoms with Crippen LogP contribution in [0.5, 0.6) is 0 Å². The van der Waals surface area contributed by atoms with Crippen LogP contribution < -0.4 is 0 Å². The van der Waals surface area contributed by atoms with Gasteiger partial charge in [-0.25, -0.2) is 0 Å². The molecule has 0 saturated heterocycles. The molecule has 0 spiro atoms. The first-order valence-electron chi connectivity index (χ1n) is 3.94. The maximum absolute atomic E-state index is 4.45. The predicted octanol–water partition coefficient (Wildman–Crippen LogP) is 3.11. The lowest BCUT2D eigenvalue weighted by Crippen LogP contribution is -1.93. The third-order valence-corrected chi connectivity index (χ3v) is 3.06. The summed E-state index contributed by atoms with van der Waals surface area (Å²) in [5.74, 6) is 0.898. The molecule has 13 heavy (non-hydrogen) atoms. The molecule has 0 aromatic heterocycles. The highest BCUT2D eigenvalue weighted by molar-refractivity contribution is 8.93. The molecule has 1 aromatic carbocycles. The molecule has 0 fully saturated rings. The summed E-state index contributed by atoms with van der Waals surface area (Å²) in [4.78, 5) is 5.79. The van der Waals surface area contributed by atoms with Gasteiger partial charge in [0.1, 0.15) is 0 Å². The summed E-state index contributed by atoms with van der Waals surface area (Å²) in [5, 5.41) is 0. The van der Waals surface area contributed by atoms with E-state index >= 15 is 0 Å². The number of hydrogen-bond acceptors (Lipinski definition) is 2. The van der Waals surface area contributed by atoms with Crippen LogP contribution in [0.2, 0.25) is 0 Å². The van der Waals surface area contributed by atoms with Crippen LogP contribution in [0.15, 0.2) is 34.2 Å². The topological polar surface area (TPSA) is 12.4 Å². The summed E-state index contributed by atoms with van der Waals surface area (Å²) in [7, 11) is 0. The molecule has 1 aliphatic heterocycles. The van der Waals surface area contributed by atoms with Crippen LogP contribution in [-0.4, -0.2) is 11.6 Å². The van der Waals surface area contributed by atoms with E-state index in [0.717, 1.165) is 5.88 Å². The quantitative estimate of drug-likeness (QED) is 0.693. The zero-order chi connectivity index (χ0) is 7.97. The van der Waals surface area contributed by atoms with Crippen LogP contribution in [0.1, 0.15) is 11.1 Å². The van der Waals surface area contributed by atoms with E-state index in [9.17, 15) is 0 Å². The van der Waals surface area contributed by atoms with E-state index in [2.05, 4.69) is 35.3 Å². The summed E-state index contributed by atoms with van der Waals surface area (Å²) in [6.45, 7) is 0. The fourth-order valence-electron chi connectivity index (χ4n) is 1.62. The standard InChI is InChI=1S/C10H7NS.BrH/c1-2-4-8-7(3-1)5-9-10(8)11-6-12-9;/h1-5H,6H2;1H. The summed E-state index contributed by atoms with van der Waals surface area (Å²) in [5.41, 5.74) is 3.83. The fourth-order valence-corrected chi connectivity index (χ4v) is 2.47. The van der Waals surface area contributed by atoms with E-state index in [0.29, 0.717) is 0 Å². The number of rotatable bonds is 0. The predicted molar refractivity (Wildman–Crippen MR) is 63.7 cm³/mol. The largest absolute Gasteiger partial charge is 0.272 e. The Balaban J connectivity index is 0.000000653. The van der Waals surface area contributed by atoms with Gasteiger partial charge in [-0.05, 0) is 11.6 Å². The van der Waals surface area contributed by atoms with Crippen LogP contribution in [-0.2, 0) is 0 Å². The Morgan fingerprint density at radius 3 is 3.00 bits per heavy atom. The molecule has 0 radical (unpaired) electrons. The lowest BCUT2D eigenvalue weighted by atomic mass is 10.1. The van der Waals surface area contributed by atoms with Crippen molar-refractivity contribution < 1.29 is 0 Å². The first-order valence-corrected chi connectivity index (χ1v) is 4.92. The molecule has 66 valence electrons. The van der Waals surface area contributed by atoms with E-state index in [1.54, 1.807) is 0 Å². The third-order valence-electron chi connectivity index (χ3n) is 2.18. The SMILES string of the molecule is Br.C1=C2SCN=C2c2ccccc21. The van der Waals surface area contributed by atoms with Gasteiger partial charge >= 0.3 is 0 Å². The van der Waals surface area contributed by atoms with Gasteiger partial charge in [0, 0.05) is 10.5 Å². The molecule has 0 N–H and O–H groups in total. The minimum Gasteiger partial charge on any atom is -0.272 e. The minimum atomic E-state index is 0. The Morgan fingerprint density at radius 1 is 1.23 bits per heavy atom. The number of nitrogens with zero attached hydrogens (tertiary/aromatic N) is 1. The van der Waals surface area contributed by atoms with E-state index in [-0.39, 0.29) is 17.0 Å². The normalized spacial score (nSPS) is 16.9. The molecule has 1 aliphatic carbocycles. The molecular formula is C10H8BrNS. The lowest BCUT2D eigenvalue weighted by Gasteiger charge is -1.96. The highest BCUT2D eigenvalue weighted by Gasteiger charge is 2.23. The van der Waals surface area contributed by atoms with E-state index in [4.69, 9.17) is 0 Å². The van der Waals surface area contributed by atoms with Crippen molar-refractivity contribution in [2.24, 2.45) is 4.99 Å². The second kappa shape index (κ2) is 3.31. The number of benzene rings is 1. The van der Waals surface area contributed by atoms with Crippen molar-refractivity contribution >= 4 is 40.5 Å². The van der Waals surface area contributed by atoms with Gasteiger partial charge in [0.25, 0.3) is 0 Å². The summed E-state index contributed by atoms with van der Waals surface area (Å²) in [6.07, 6.45) is 2.23. The number of hydrogen-bond donors (Lipinski definition) is 0. The average molecular weight is 254 g/mol. The smallest absolute Gasteiger partial charge is 0.0898 e. The summed E-state index contributed by atoms with van der Waals surface area (Å²) >= 11 is 1.83. The second-order valence-corrected chi connectivity index (χ2v) is 3.86. The third kappa shape index (κ3) is 1.27. The van der Waals surface area contributed by atoms with Gasteiger partial charge in [0.15, 0.2) is 0 Å². The Hall–Kier alpha value is -0.540. The molecule has 0 saturated carbocycles. The maximum atomic E-state index is 4.45. The van der Waals surface area contributed by atoms with Crippen LogP contribution >= 0.6 is 28.7 Å². The molecule has 0 amide bonds. The van der Waals surface area contributed by atoms with E-state index in [1.165, 1.54) is 21.7 Å². The van der Waals surface area contributed by atoms with Gasteiger partial charge in [0.05, 0.1) is 11.6 Å². The molecule has 0 bridgehead atoms. The van der Waals surface area contributed by atoms with E-state index < -0.39 is 0 Å². The van der Waals surface area contributed by atoms with Crippen molar-refractivity contribution in [3.63, 3.8) is 0 Å². The van der Waals surface area contributed by atoms with Gasteiger partial charge < -0.3 is 0 Å². The number of allylic oxidation sites excluding steroid dienone is 1. The lowest BCUT2D eigenvalue weighted by molar-refractivity contribution is 1.40. The van der Waals surface area contributed by atoms with Gasteiger partial charge in [-0.1, -0.05) is 24.3 Å². The van der Waals surface area contributed by atoms with Gasteiger partial charge in [-0.3, -0.25) is 4.99 Å². The van der Waals surface area contributed by atoms with Crippen molar-refractivity contribution in [2.45, 2.75) is 0 Å². The first kappa shape index (κ1) is 9.03. The van der Waals surface area contributed by atoms with Gasteiger partial charge in [-0.15, -0.1) is 28.7 Å². The zero-order valence-electron chi connectivity index (χ0n) is 6.86. The van der Waals surface area contributed by atoms with E-state index in [1.807, 2.05) is 11.8 Å². The zero-order valence-corrected chi connectivity index (χ0v) is 9.39. The van der Waals surface area contributed by atoms with Gasteiger partial charge in [-0.2, -0.15) is 0 Å². The maximum Gasteiger partial charge on any atom is 0.0898 e. The Labute approximate surface area is 91.7 Å². The number of fused-ring (bicyclic) bond motifs is 3. The Bertz CT molecular complexity index is 409. The molecule has 3 rings (SSSR count). The number of thioether (sulfide) groups is 1. The monoisotopic (exact) mass is 253 g/mol. The molecule has 3 heteroatoms. The Morgan fingerprint density at radius 2 is 2.08 bits per heavy atom. The molecular weight excluding hydrogens is 246 g/mol. The fraction of sp³-hybridized carbons (Fsp3) is 0.100.